The number of hydrogen-bond donors (Lipinski definition) is 2. The zero-order valence-electron chi connectivity index (χ0n) is 9.12. The Hall–Kier alpha value is -2.37. The number of carboxylic acid groups (broad SMARTS) is 1. The van der Waals surface area contributed by atoms with Crippen molar-refractivity contribution in [2.75, 3.05) is 5.32 Å². The molecule has 2 N–H and O–H groups in total. The Morgan fingerprint density at radius 2 is 2.06 bits per heavy atom. The van der Waals surface area contributed by atoms with E-state index in [0.717, 1.165) is 5.56 Å². The Bertz CT molecular complexity index is 510. The standard InChI is InChI=1S/C11H11N3O3/c1-7(11(15)16)12-10-9(13-17-14-10)8-5-3-2-4-6-8/h2-7H,1H3,(H,12,14)(H,15,16)/t7-/m1/s1. The molecule has 6 heteroatoms. The number of nitrogens with zero attached hydrogens (tertiary/aromatic N) is 2. The molecule has 0 amide bonds. The van der Waals surface area contributed by atoms with E-state index < -0.39 is 12.0 Å². The monoisotopic (exact) mass is 233 g/mol. The van der Waals surface area contributed by atoms with E-state index >= 15 is 0 Å². The predicted molar refractivity (Wildman–Crippen MR) is 60.5 cm³/mol. The number of carboxylic acids is 1. The molecule has 1 heterocycles. The maximum absolute atomic E-state index is 10.7. The molecule has 0 bridgehead atoms. The van der Waals surface area contributed by atoms with E-state index in [0.29, 0.717) is 11.5 Å². The first kappa shape index (κ1) is 11.1. The van der Waals surface area contributed by atoms with Gasteiger partial charge in [-0.25, -0.2) is 4.63 Å². The normalized spacial score (nSPS) is 12.1. The van der Waals surface area contributed by atoms with Crippen molar-refractivity contribution >= 4 is 11.8 Å². The third-order valence-corrected chi connectivity index (χ3v) is 2.26. The molecule has 0 aliphatic rings. The molecule has 6 nitrogen and oxygen atoms in total. The van der Waals surface area contributed by atoms with Gasteiger partial charge in [0.05, 0.1) is 0 Å². The van der Waals surface area contributed by atoms with Crippen molar-refractivity contribution in [3.05, 3.63) is 30.3 Å². The molecule has 2 rings (SSSR count). The summed E-state index contributed by atoms with van der Waals surface area (Å²) in [5, 5.41) is 18.9. The maximum atomic E-state index is 10.7. The lowest BCUT2D eigenvalue weighted by molar-refractivity contribution is -0.137. The van der Waals surface area contributed by atoms with Crippen LogP contribution >= 0.6 is 0 Å². The molecule has 88 valence electrons. The van der Waals surface area contributed by atoms with Crippen LogP contribution in [0.5, 0.6) is 0 Å². The summed E-state index contributed by atoms with van der Waals surface area (Å²) in [6.45, 7) is 1.52. The number of rotatable bonds is 4. The van der Waals surface area contributed by atoms with Gasteiger partial charge >= 0.3 is 5.97 Å². The Labute approximate surface area is 97.2 Å². The van der Waals surface area contributed by atoms with Gasteiger partial charge in [-0.1, -0.05) is 30.3 Å². The van der Waals surface area contributed by atoms with Crippen LogP contribution in [0.25, 0.3) is 11.3 Å². The molecular formula is C11H11N3O3. The molecule has 0 aliphatic carbocycles. The third kappa shape index (κ3) is 2.41. The molecule has 1 atom stereocenters. The van der Waals surface area contributed by atoms with Crippen molar-refractivity contribution in [2.45, 2.75) is 13.0 Å². The topological polar surface area (TPSA) is 88.3 Å². The first-order valence-electron chi connectivity index (χ1n) is 5.06. The Balaban J connectivity index is 2.26. The molecular weight excluding hydrogens is 222 g/mol. The van der Waals surface area contributed by atoms with E-state index in [1.54, 1.807) is 0 Å². The first-order valence-corrected chi connectivity index (χ1v) is 5.06. The number of carbonyl (C=O) groups is 1. The van der Waals surface area contributed by atoms with E-state index in [1.807, 2.05) is 30.3 Å². The van der Waals surface area contributed by atoms with Gasteiger partial charge in [-0.2, -0.15) is 0 Å². The Kier molecular flexibility index (Phi) is 3.04. The highest BCUT2D eigenvalue weighted by Gasteiger charge is 2.17. The summed E-state index contributed by atoms with van der Waals surface area (Å²) < 4.78 is 4.63. The first-order chi connectivity index (χ1) is 8.18. The van der Waals surface area contributed by atoms with Crippen molar-refractivity contribution < 1.29 is 14.5 Å². The van der Waals surface area contributed by atoms with Crippen LogP contribution < -0.4 is 5.32 Å². The summed E-state index contributed by atoms with van der Waals surface area (Å²) in [7, 11) is 0. The van der Waals surface area contributed by atoms with E-state index in [4.69, 9.17) is 5.11 Å². The van der Waals surface area contributed by atoms with Crippen LogP contribution in [0, 0.1) is 0 Å². The number of nitrogens with one attached hydrogen (secondary N) is 1. The number of anilines is 1. The molecule has 2 aromatic rings. The van der Waals surface area contributed by atoms with Crippen molar-refractivity contribution in [2.24, 2.45) is 0 Å². The molecule has 0 aliphatic heterocycles. The molecule has 0 spiro atoms. The average Bonchev–Trinajstić information content (AvgIpc) is 2.78. The molecule has 17 heavy (non-hydrogen) atoms. The summed E-state index contributed by atoms with van der Waals surface area (Å²) >= 11 is 0. The van der Waals surface area contributed by atoms with Gasteiger partial charge in [0.2, 0.25) is 0 Å². The van der Waals surface area contributed by atoms with Gasteiger partial charge in [0.1, 0.15) is 6.04 Å². The fourth-order valence-corrected chi connectivity index (χ4v) is 1.34. The highest BCUT2D eigenvalue weighted by Crippen LogP contribution is 2.24. The molecule has 0 unspecified atom stereocenters. The van der Waals surface area contributed by atoms with Gasteiger partial charge in [0.15, 0.2) is 11.5 Å². The second-order valence-corrected chi connectivity index (χ2v) is 3.53. The van der Waals surface area contributed by atoms with E-state index in [2.05, 4.69) is 20.3 Å². The highest BCUT2D eigenvalue weighted by molar-refractivity contribution is 5.79. The van der Waals surface area contributed by atoms with Crippen LogP contribution in [0.1, 0.15) is 6.92 Å². The number of aromatic nitrogens is 2. The second-order valence-electron chi connectivity index (χ2n) is 3.53. The number of benzene rings is 1. The quantitative estimate of drug-likeness (QED) is 0.834. The highest BCUT2D eigenvalue weighted by atomic mass is 16.6. The largest absolute Gasteiger partial charge is 0.480 e. The maximum Gasteiger partial charge on any atom is 0.325 e. The lowest BCUT2D eigenvalue weighted by atomic mass is 10.1. The number of aliphatic carboxylic acids is 1. The SMILES string of the molecule is C[C@@H](Nc1nonc1-c1ccccc1)C(=O)O. The van der Waals surface area contributed by atoms with Gasteiger partial charge in [-0.05, 0) is 17.2 Å². The van der Waals surface area contributed by atoms with Gasteiger partial charge in [-0.3, -0.25) is 4.79 Å². The van der Waals surface area contributed by atoms with E-state index in [9.17, 15) is 4.79 Å². The fraction of sp³-hybridized carbons (Fsp3) is 0.182. The molecule has 0 saturated carbocycles. The minimum atomic E-state index is -0.966. The molecule has 1 aromatic carbocycles. The predicted octanol–water partition coefficient (Wildman–Crippen LogP) is 1.62. The second kappa shape index (κ2) is 4.65. The zero-order chi connectivity index (χ0) is 12.3. The van der Waals surface area contributed by atoms with Crippen LogP contribution in [0.3, 0.4) is 0 Å². The summed E-state index contributed by atoms with van der Waals surface area (Å²) in [5.41, 5.74) is 1.31. The van der Waals surface area contributed by atoms with Crippen LogP contribution in [0.15, 0.2) is 35.0 Å². The fourth-order valence-electron chi connectivity index (χ4n) is 1.34. The molecule has 0 radical (unpaired) electrons. The van der Waals surface area contributed by atoms with Crippen molar-refractivity contribution in [3.63, 3.8) is 0 Å². The van der Waals surface area contributed by atoms with Crippen molar-refractivity contribution in [1.82, 2.24) is 10.3 Å². The lowest BCUT2D eigenvalue weighted by Gasteiger charge is -2.07. The van der Waals surface area contributed by atoms with Gasteiger partial charge in [-0.15, -0.1) is 0 Å². The zero-order valence-corrected chi connectivity index (χ0v) is 9.12. The smallest absolute Gasteiger partial charge is 0.325 e. The summed E-state index contributed by atoms with van der Waals surface area (Å²) in [4.78, 5) is 10.7. The van der Waals surface area contributed by atoms with Crippen LogP contribution in [-0.2, 0) is 4.79 Å². The van der Waals surface area contributed by atoms with Crippen molar-refractivity contribution in [1.29, 1.82) is 0 Å². The van der Waals surface area contributed by atoms with E-state index in [-0.39, 0.29) is 0 Å². The average molecular weight is 233 g/mol. The lowest BCUT2D eigenvalue weighted by Crippen LogP contribution is -2.25. The minimum Gasteiger partial charge on any atom is -0.480 e. The van der Waals surface area contributed by atoms with Crippen LogP contribution in [-0.4, -0.2) is 27.4 Å². The minimum absolute atomic E-state index is 0.325. The van der Waals surface area contributed by atoms with Gasteiger partial charge in [0.25, 0.3) is 0 Å². The van der Waals surface area contributed by atoms with Crippen LogP contribution in [0.2, 0.25) is 0 Å². The Morgan fingerprint density at radius 1 is 1.35 bits per heavy atom. The molecule has 1 aromatic heterocycles. The molecule has 0 saturated heterocycles. The number of hydrogen-bond acceptors (Lipinski definition) is 5. The van der Waals surface area contributed by atoms with Crippen LogP contribution in [0.4, 0.5) is 5.82 Å². The summed E-state index contributed by atoms with van der Waals surface area (Å²) in [5.74, 6) is -0.641. The van der Waals surface area contributed by atoms with Crippen molar-refractivity contribution in [3.8, 4) is 11.3 Å². The third-order valence-electron chi connectivity index (χ3n) is 2.26. The molecule has 0 fully saturated rings. The van der Waals surface area contributed by atoms with Gasteiger partial charge < -0.3 is 10.4 Å². The summed E-state index contributed by atoms with van der Waals surface area (Å²) in [6, 6.07) is 8.52. The van der Waals surface area contributed by atoms with Gasteiger partial charge in [0, 0.05) is 5.56 Å². The Morgan fingerprint density at radius 3 is 2.71 bits per heavy atom. The summed E-state index contributed by atoms with van der Waals surface area (Å²) in [6.07, 6.45) is 0. The van der Waals surface area contributed by atoms with E-state index in [1.165, 1.54) is 6.92 Å².